The molecule has 2 aromatic carbocycles. The molecule has 4 nitrogen and oxygen atoms in total. The molecule has 23 heavy (non-hydrogen) atoms. The minimum absolute atomic E-state index is 0.139. The van der Waals surface area contributed by atoms with Crippen LogP contribution in [0.15, 0.2) is 46.0 Å². The van der Waals surface area contributed by atoms with Crippen LogP contribution in [0.4, 0.5) is 0 Å². The summed E-state index contributed by atoms with van der Waals surface area (Å²) in [5, 5.41) is 4.73. The van der Waals surface area contributed by atoms with Crippen LogP contribution in [0.3, 0.4) is 0 Å². The van der Waals surface area contributed by atoms with Gasteiger partial charge in [0.05, 0.1) is 20.7 Å². The number of rotatable bonds is 5. The summed E-state index contributed by atoms with van der Waals surface area (Å²) in [5.74, 6) is 0.230. The molecule has 0 heterocycles. The number of hydrogen-bond acceptors (Lipinski definition) is 3. The van der Waals surface area contributed by atoms with Crippen molar-refractivity contribution in [3.8, 4) is 5.75 Å². The van der Waals surface area contributed by atoms with E-state index in [2.05, 4.69) is 26.5 Å². The van der Waals surface area contributed by atoms with Gasteiger partial charge in [-0.15, -0.1) is 0 Å². The molecular formula is C16H13BrCl2N2O2. The van der Waals surface area contributed by atoms with Crippen molar-refractivity contribution >= 4 is 51.3 Å². The third-order valence-corrected chi connectivity index (χ3v) is 4.15. The Morgan fingerprint density at radius 3 is 2.74 bits per heavy atom. The zero-order valence-electron chi connectivity index (χ0n) is 12.1. The van der Waals surface area contributed by atoms with E-state index in [0.29, 0.717) is 15.8 Å². The van der Waals surface area contributed by atoms with Gasteiger partial charge in [-0.3, -0.25) is 4.79 Å². The van der Waals surface area contributed by atoms with E-state index in [9.17, 15) is 4.79 Å². The number of benzene rings is 2. The van der Waals surface area contributed by atoms with Gasteiger partial charge in [-0.2, -0.15) is 5.10 Å². The van der Waals surface area contributed by atoms with E-state index in [1.165, 1.54) is 6.21 Å². The summed E-state index contributed by atoms with van der Waals surface area (Å²) in [7, 11) is 0. The van der Waals surface area contributed by atoms with Gasteiger partial charge in [-0.1, -0.05) is 35.3 Å². The molecule has 2 aromatic rings. The summed E-state index contributed by atoms with van der Waals surface area (Å²) in [6.07, 6.45) is 1.47. The fourth-order valence-electron chi connectivity index (χ4n) is 1.67. The van der Waals surface area contributed by atoms with Crippen LogP contribution >= 0.6 is 39.1 Å². The molecule has 0 aromatic heterocycles. The van der Waals surface area contributed by atoms with Gasteiger partial charge in [0.1, 0.15) is 5.75 Å². The normalized spacial score (nSPS) is 10.8. The van der Waals surface area contributed by atoms with Crippen molar-refractivity contribution < 1.29 is 9.53 Å². The number of aryl methyl sites for hydroxylation is 1. The summed E-state index contributed by atoms with van der Waals surface area (Å²) in [6.45, 7) is 1.83. The molecule has 0 fully saturated rings. The van der Waals surface area contributed by atoms with Crippen LogP contribution in [0.1, 0.15) is 11.1 Å². The molecule has 120 valence electrons. The highest BCUT2D eigenvalue weighted by Gasteiger charge is 2.05. The van der Waals surface area contributed by atoms with Crippen molar-refractivity contribution in [2.24, 2.45) is 5.10 Å². The van der Waals surface area contributed by atoms with Crippen molar-refractivity contribution in [3.05, 3.63) is 62.0 Å². The standard InChI is InChI=1S/C16H13BrCl2N2O2/c1-10-2-5-15(12(17)6-10)23-9-16(22)21-20-8-11-3-4-13(18)14(19)7-11/h2-8H,9H2,1H3,(H,21,22)/b20-8+. The molecule has 2 rings (SSSR count). The molecule has 0 bridgehead atoms. The van der Waals surface area contributed by atoms with E-state index in [0.717, 1.165) is 15.6 Å². The van der Waals surface area contributed by atoms with Crippen LogP contribution in [0.25, 0.3) is 0 Å². The maximum absolute atomic E-state index is 11.7. The monoisotopic (exact) mass is 414 g/mol. The molecule has 7 heteroatoms. The molecule has 0 saturated heterocycles. The predicted molar refractivity (Wildman–Crippen MR) is 96.6 cm³/mol. The molecule has 1 amide bonds. The third-order valence-electron chi connectivity index (χ3n) is 2.79. The Kier molecular flexibility index (Phi) is 6.45. The van der Waals surface area contributed by atoms with E-state index in [4.69, 9.17) is 27.9 Å². The maximum atomic E-state index is 11.7. The van der Waals surface area contributed by atoms with Crippen LogP contribution in [0.2, 0.25) is 10.0 Å². The Hall–Kier alpha value is -1.56. The molecule has 0 atom stereocenters. The van der Waals surface area contributed by atoms with Crippen molar-refractivity contribution in [1.82, 2.24) is 5.43 Å². The van der Waals surface area contributed by atoms with E-state index in [1.54, 1.807) is 24.3 Å². The minimum atomic E-state index is -0.367. The number of nitrogens with zero attached hydrogens (tertiary/aromatic N) is 1. The Bertz CT molecular complexity index is 751. The second-order valence-corrected chi connectivity index (χ2v) is 6.36. The van der Waals surface area contributed by atoms with Crippen molar-refractivity contribution in [3.63, 3.8) is 0 Å². The number of hydrogen-bond donors (Lipinski definition) is 1. The first-order valence-corrected chi connectivity index (χ1v) is 8.16. The summed E-state index contributed by atoms with van der Waals surface area (Å²) in [5.41, 5.74) is 4.20. The minimum Gasteiger partial charge on any atom is -0.483 e. The van der Waals surface area contributed by atoms with Crippen LogP contribution < -0.4 is 10.2 Å². The number of nitrogens with one attached hydrogen (secondary N) is 1. The lowest BCUT2D eigenvalue weighted by Gasteiger charge is -2.07. The molecule has 1 N–H and O–H groups in total. The van der Waals surface area contributed by atoms with Gasteiger partial charge in [0.15, 0.2) is 6.61 Å². The third kappa shape index (κ3) is 5.53. The lowest BCUT2D eigenvalue weighted by atomic mass is 10.2. The molecule has 0 aliphatic rings. The Morgan fingerprint density at radius 2 is 2.04 bits per heavy atom. The first-order valence-electron chi connectivity index (χ1n) is 6.61. The van der Waals surface area contributed by atoms with Gasteiger partial charge in [0.2, 0.25) is 0 Å². The number of hydrazone groups is 1. The average Bonchev–Trinajstić information content (AvgIpc) is 2.50. The van der Waals surface area contributed by atoms with Crippen molar-refractivity contribution in [2.75, 3.05) is 6.61 Å². The molecule has 0 spiro atoms. The second kappa shape index (κ2) is 8.34. The van der Waals surface area contributed by atoms with E-state index >= 15 is 0 Å². The van der Waals surface area contributed by atoms with Gasteiger partial charge in [-0.25, -0.2) is 5.43 Å². The highest BCUT2D eigenvalue weighted by atomic mass is 79.9. The highest BCUT2D eigenvalue weighted by Crippen LogP contribution is 2.25. The largest absolute Gasteiger partial charge is 0.483 e. The zero-order valence-corrected chi connectivity index (χ0v) is 15.2. The van der Waals surface area contributed by atoms with Crippen molar-refractivity contribution in [1.29, 1.82) is 0 Å². The number of halogens is 3. The predicted octanol–water partition coefficient (Wildman–Crippen LogP) is 4.59. The Labute approximate surface area is 152 Å². The fourth-order valence-corrected chi connectivity index (χ4v) is 2.58. The molecule has 0 aliphatic heterocycles. The van der Waals surface area contributed by atoms with Gasteiger partial charge in [-0.05, 0) is 58.2 Å². The van der Waals surface area contributed by atoms with E-state index < -0.39 is 0 Å². The summed E-state index contributed by atoms with van der Waals surface area (Å²) < 4.78 is 6.22. The topological polar surface area (TPSA) is 50.7 Å². The zero-order chi connectivity index (χ0) is 16.8. The fraction of sp³-hybridized carbons (Fsp3) is 0.125. The molecule has 0 aliphatic carbocycles. The van der Waals surface area contributed by atoms with Gasteiger partial charge in [0, 0.05) is 0 Å². The van der Waals surface area contributed by atoms with Crippen LogP contribution in [0.5, 0.6) is 5.75 Å². The molecule has 0 unspecified atom stereocenters. The molecule has 0 saturated carbocycles. The lowest BCUT2D eigenvalue weighted by molar-refractivity contribution is -0.123. The highest BCUT2D eigenvalue weighted by molar-refractivity contribution is 9.10. The summed E-state index contributed by atoms with van der Waals surface area (Å²) in [6, 6.07) is 10.7. The lowest BCUT2D eigenvalue weighted by Crippen LogP contribution is -2.24. The molecule has 0 radical (unpaired) electrons. The molecular weight excluding hydrogens is 403 g/mol. The first kappa shape index (κ1) is 17.8. The van der Waals surface area contributed by atoms with Crippen molar-refractivity contribution in [2.45, 2.75) is 6.92 Å². The second-order valence-electron chi connectivity index (χ2n) is 4.69. The SMILES string of the molecule is Cc1ccc(OCC(=O)N/N=C/c2ccc(Cl)c(Cl)c2)c(Br)c1. The van der Waals surface area contributed by atoms with E-state index in [-0.39, 0.29) is 12.5 Å². The number of ether oxygens (including phenoxy) is 1. The van der Waals surface area contributed by atoms with Gasteiger partial charge in [0.25, 0.3) is 5.91 Å². The quantitative estimate of drug-likeness (QED) is 0.573. The summed E-state index contributed by atoms with van der Waals surface area (Å²) >= 11 is 15.1. The Balaban J connectivity index is 1.85. The number of carbonyl (C=O) groups is 1. The van der Waals surface area contributed by atoms with Gasteiger partial charge < -0.3 is 4.74 Å². The van der Waals surface area contributed by atoms with E-state index in [1.807, 2.05) is 19.1 Å². The Morgan fingerprint density at radius 1 is 1.26 bits per heavy atom. The van der Waals surface area contributed by atoms with Crippen LogP contribution in [-0.4, -0.2) is 18.7 Å². The maximum Gasteiger partial charge on any atom is 0.277 e. The average molecular weight is 416 g/mol. The van der Waals surface area contributed by atoms with Gasteiger partial charge >= 0.3 is 0 Å². The first-order chi connectivity index (χ1) is 11.0. The van der Waals surface area contributed by atoms with Crippen LogP contribution in [-0.2, 0) is 4.79 Å². The van der Waals surface area contributed by atoms with Crippen LogP contribution in [0, 0.1) is 6.92 Å². The smallest absolute Gasteiger partial charge is 0.277 e. The number of amides is 1. The number of carbonyl (C=O) groups excluding carboxylic acids is 1. The summed E-state index contributed by atoms with van der Waals surface area (Å²) in [4.78, 5) is 11.7.